The van der Waals surface area contributed by atoms with Gasteiger partial charge in [-0.25, -0.2) is 0 Å². The van der Waals surface area contributed by atoms with Crippen LogP contribution >= 0.6 is 0 Å². The topological polar surface area (TPSA) is 115 Å². The first-order valence-corrected chi connectivity index (χ1v) is 7.56. The Labute approximate surface area is 138 Å². The number of non-ortho nitro benzene ring substituents is 1. The molecule has 0 heterocycles. The minimum atomic E-state index is -1.57. The molecule has 0 amide bonds. The fourth-order valence-corrected chi connectivity index (χ4v) is 3.73. The van der Waals surface area contributed by atoms with Crippen molar-refractivity contribution in [3.8, 4) is 0 Å². The molecule has 1 aromatic rings. The fraction of sp³-hybridized carbons (Fsp3) is 0.471. The molecule has 0 saturated heterocycles. The van der Waals surface area contributed by atoms with Gasteiger partial charge in [0.15, 0.2) is 0 Å². The van der Waals surface area contributed by atoms with E-state index in [1.54, 1.807) is 0 Å². The molecule has 7 heteroatoms. The van der Waals surface area contributed by atoms with Crippen molar-refractivity contribution in [2.75, 3.05) is 0 Å². The van der Waals surface area contributed by atoms with Gasteiger partial charge >= 0.3 is 0 Å². The molecule has 1 aromatic carbocycles. The van der Waals surface area contributed by atoms with Crippen LogP contribution < -0.4 is 0 Å². The minimum absolute atomic E-state index is 0.133. The van der Waals surface area contributed by atoms with Gasteiger partial charge in [-0.15, -0.1) is 0 Å². The van der Waals surface area contributed by atoms with E-state index in [0.29, 0.717) is 5.56 Å². The van der Waals surface area contributed by atoms with Crippen molar-refractivity contribution < 1.29 is 24.4 Å². The number of nitrogens with zero attached hydrogens (tertiary/aromatic N) is 1. The predicted molar refractivity (Wildman–Crippen MR) is 84.4 cm³/mol. The second kappa shape index (κ2) is 6.24. The van der Waals surface area contributed by atoms with E-state index in [1.165, 1.54) is 45.0 Å². The molecule has 0 bridgehead atoms. The summed E-state index contributed by atoms with van der Waals surface area (Å²) in [5, 5.41) is 21.4. The van der Waals surface area contributed by atoms with Crippen molar-refractivity contribution in [2.24, 2.45) is 11.8 Å². The lowest BCUT2D eigenvalue weighted by atomic mass is 9.60. The average molecular weight is 333 g/mol. The maximum atomic E-state index is 12.4. The summed E-state index contributed by atoms with van der Waals surface area (Å²) in [6.45, 7) is 3.99. The summed E-state index contributed by atoms with van der Waals surface area (Å²) in [5.74, 6) is -3.95. The molecule has 0 spiro atoms. The van der Waals surface area contributed by atoms with Crippen molar-refractivity contribution in [1.29, 1.82) is 0 Å². The lowest BCUT2D eigenvalue weighted by Gasteiger charge is -2.44. The van der Waals surface area contributed by atoms with E-state index in [9.17, 15) is 29.6 Å². The maximum Gasteiger partial charge on any atom is 0.269 e. The second-order valence-corrected chi connectivity index (χ2v) is 6.55. The molecule has 2 rings (SSSR count). The Balaban J connectivity index is 2.60. The van der Waals surface area contributed by atoms with Crippen LogP contribution in [0.3, 0.4) is 0 Å². The lowest BCUT2D eigenvalue weighted by Crippen LogP contribution is -2.53. The highest BCUT2D eigenvalue weighted by Crippen LogP contribution is 2.46. The van der Waals surface area contributed by atoms with Gasteiger partial charge in [-0.2, -0.15) is 0 Å². The number of benzene rings is 1. The number of nitro groups is 1. The molecule has 0 radical (unpaired) electrons. The van der Waals surface area contributed by atoms with Gasteiger partial charge in [0.2, 0.25) is 0 Å². The van der Waals surface area contributed by atoms with Crippen molar-refractivity contribution in [3.63, 3.8) is 0 Å². The smallest absolute Gasteiger partial charge is 0.269 e. The van der Waals surface area contributed by atoms with Gasteiger partial charge in [-0.1, -0.05) is 12.1 Å². The summed E-state index contributed by atoms with van der Waals surface area (Å²) in [6.07, 6.45) is -0.273. The number of hydrogen-bond donors (Lipinski definition) is 1. The number of rotatable bonds is 4. The molecular weight excluding hydrogens is 314 g/mol. The number of hydrogen-bond acceptors (Lipinski definition) is 6. The van der Waals surface area contributed by atoms with Crippen LogP contribution in [0.4, 0.5) is 5.69 Å². The Bertz CT molecular complexity index is 706. The van der Waals surface area contributed by atoms with Gasteiger partial charge in [0.25, 0.3) is 5.69 Å². The Kier molecular flexibility index (Phi) is 4.66. The third-order valence-corrected chi connectivity index (χ3v) is 4.63. The van der Waals surface area contributed by atoms with Gasteiger partial charge in [0.1, 0.15) is 17.3 Å². The van der Waals surface area contributed by atoms with E-state index in [4.69, 9.17) is 0 Å². The molecule has 1 aliphatic carbocycles. The van der Waals surface area contributed by atoms with Crippen LogP contribution in [0.1, 0.15) is 38.7 Å². The van der Waals surface area contributed by atoms with E-state index in [2.05, 4.69) is 0 Å². The summed E-state index contributed by atoms with van der Waals surface area (Å²) < 4.78 is 0. The summed E-state index contributed by atoms with van der Waals surface area (Å²) in [7, 11) is 0. The van der Waals surface area contributed by atoms with Crippen LogP contribution in [0.15, 0.2) is 24.3 Å². The van der Waals surface area contributed by atoms with E-state index in [0.717, 1.165) is 0 Å². The van der Waals surface area contributed by atoms with E-state index in [-0.39, 0.29) is 23.7 Å². The minimum Gasteiger partial charge on any atom is -0.389 e. The van der Waals surface area contributed by atoms with Gasteiger partial charge in [-0.05, 0) is 26.3 Å². The Hall–Kier alpha value is -2.41. The predicted octanol–water partition coefficient (Wildman–Crippen LogP) is 1.81. The van der Waals surface area contributed by atoms with Gasteiger partial charge < -0.3 is 5.11 Å². The Morgan fingerprint density at radius 1 is 1.21 bits per heavy atom. The molecule has 0 aromatic heterocycles. The van der Waals surface area contributed by atoms with Crippen LogP contribution in [0.5, 0.6) is 0 Å². The Morgan fingerprint density at radius 3 is 2.17 bits per heavy atom. The standard InChI is InChI=1S/C17H19NO6/c1-9(19)14-13(21)8-17(3,22)16(10(2)20)15(14)11-4-6-12(7-5-11)18(23)24/h4-7,14-16,22H,8H2,1-3H3/t14-,15+,16+,17+/m1/s1. The molecule has 7 nitrogen and oxygen atoms in total. The molecule has 128 valence electrons. The normalized spacial score (nSPS) is 30.0. The molecule has 1 N–H and O–H groups in total. The monoisotopic (exact) mass is 333 g/mol. The van der Waals surface area contributed by atoms with Crippen LogP contribution in [0, 0.1) is 22.0 Å². The van der Waals surface area contributed by atoms with Crippen LogP contribution in [0.25, 0.3) is 0 Å². The first kappa shape index (κ1) is 17.9. The summed E-state index contributed by atoms with van der Waals surface area (Å²) in [4.78, 5) is 46.8. The van der Waals surface area contributed by atoms with Crippen molar-refractivity contribution in [2.45, 2.75) is 38.7 Å². The molecule has 0 aliphatic heterocycles. The highest BCUT2D eigenvalue weighted by atomic mass is 16.6. The zero-order chi connectivity index (χ0) is 18.2. The summed E-state index contributed by atoms with van der Waals surface area (Å²) in [6, 6.07) is 5.39. The molecule has 1 saturated carbocycles. The lowest BCUT2D eigenvalue weighted by molar-refractivity contribution is -0.384. The second-order valence-electron chi connectivity index (χ2n) is 6.55. The van der Waals surface area contributed by atoms with Crippen molar-refractivity contribution in [1.82, 2.24) is 0 Å². The number of Topliss-reactive ketones (excluding diaryl/α,β-unsaturated/α-hetero) is 3. The molecule has 1 aliphatic rings. The molecular formula is C17H19NO6. The SMILES string of the molecule is CC(=O)[C@@H]1C(=O)C[C@](C)(O)[C@@H](C(C)=O)[C@H]1c1ccc([N+](=O)[O-])cc1. The fourth-order valence-electron chi connectivity index (χ4n) is 3.73. The van der Waals surface area contributed by atoms with Crippen LogP contribution in [-0.2, 0) is 14.4 Å². The number of carbonyl (C=O) groups is 3. The van der Waals surface area contributed by atoms with Gasteiger partial charge in [0, 0.05) is 24.5 Å². The number of aliphatic hydroxyl groups is 1. The largest absolute Gasteiger partial charge is 0.389 e. The molecule has 0 unspecified atom stereocenters. The van der Waals surface area contributed by atoms with Crippen molar-refractivity contribution >= 4 is 23.0 Å². The van der Waals surface area contributed by atoms with Crippen LogP contribution in [-0.4, -0.2) is 33.0 Å². The summed E-state index contributed by atoms with van der Waals surface area (Å²) >= 11 is 0. The first-order valence-electron chi connectivity index (χ1n) is 7.56. The van der Waals surface area contributed by atoms with Crippen LogP contribution in [0.2, 0.25) is 0 Å². The molecule has 4 atom stereocenters. The molecule has 24 heavy (non-hydrogen) atoms. The first-order chi connectivity index (χ1) is 11.1. The highest BCUT2D eigenvalue weighted by Gasteiger charge is 2.53. The van der Waals surface area contributed by atoms with Gasteiger partial charge in [0.05, 0.1) is 22.4 Å². The number of nitro benzene ring substituents is 1. The van der Waals surface area contributed by atoms with Gasteiger partial charge in [-0.3, -0.25) is 24.5 Å². The third-order valence-electron chi connectivity index (χ3n) is 4.63. The average Bonchev–Trinajstić information content (AvgIpc) is 2.44. The maximum absolute atomic E-state index is 12.4. The highest BCUT2D eigenvalue weighted by molar-refractivity contribution is 6.05. The Morgan fingerprint density at radius 2 is 1.75 bits per heavy atom. The quantitative estimate of drug-likeness (QED) is 0.510. The number of carbonyl (C=O) groups excluding carboxylic acids is 3. The molecule has 1 fully saturated rings. The van der Waals surface area contributed by atoms with E-state index < -0.39 is 34.1 Å². The number of ketones is 3. The summed E-state index contributed by atoms with van der Waals surface area (Å²) in [5.41, 5.74) is -1.25. The third kappa shape index (κ3) is 3.12. The zero-order valence-electron chi connectivity index (χ0n) is 13.7. The zero-order valence-corrected chi connectivity index (χ0v) is 13.7. The van der Waals surface area contributed by atoms with Crippen molar-refractivity contribution in [3.05, 3.63) is 39.9 Å². The van der Waals surface area contributed by atoms with E-state index in [1.807, 2.05) is 0 Å². The van der Waals surface area contributed by atoms with E-state index >= 15 is 0 Å².